The van der Waals surface area contributed by atoms with Crippen molar-refractivity contribution >= 4 is 5.91 Å². The van der Waals surface area contributed by atoms with Crippen LogP contribution in [0.5, 0.6) is 0 Å². The van der Waals surface area contributed by atoms with Crippen molar-refractivity contribution in [1.82, 2.24) is 9.88 Å². The van der Waals surface area contributed by atoms with Crippen molar-refractivity contribution in [2.45, 2.75) is 38.1 Å². The van der Waals surface area contributed by atoms with Gasteiger partial charge in [-0.1, -0.05) is 19.3 Å². The molecule has 0 atom stereocenters. The molecule has 1 saturated carbocycles. The average molecular weight is 266 g/mol. The lowest BCUT2D eigenvalue weighted by Gasteiger charge is -2.34. The molecule has 0 spiro atoms. The maximum atomic E-state index is 13.6. The predicted octanol–water partition coefficient (Wildman–Crippen LogP) is 1.99. The Labute approximate surface area is 112 Å². The summed E-state index contributed by atoms with van der Waals surface area (Å²) in [6.07, 6.45) is 7.66. The Morgan fingerprint density at radius 3 is 2.79 bits per heavy atom. The van der Waals surface area contributed by atoms with Crippen LogP contribution >= 0.6 is 0 Å². The second kappa shape index (κ2) is 6.61. The fourth-order valence-electron chi connectivity index (χ4n) is 2.65. The molecule has 1 amide bonds. The normalized spacial score (nSPS) is 16.3. The van der Waals surface area contributed by atoms with Crippen molar-refractivity contribution < 1.29 is 14.3 Å². The maximum Gasteiger partial charge on any atom is 0.257 e. The number of carbonyl (C=O) groups is 1. The van der Waals surface area contributed by atoms with Gasteiger partial charge in [-0.05, 0) is 18.9 Å². The number of hydrogen-bond acceptors (Lipinski definition) is 3. The van der Waals surface area contributed by atoms with E-state index in [1.165, 1.54) is 18.7 Å². The van der Waals surface area contributed by atoms with Gasteiger partial charge in [-0.3, -0.25) is 9.78 Å². The molecule has 1 aromatic rings. The standard InChI is InChI=1S/C14H19FN2O2/c15-13-10-16-7-6-12(13)14(19)17(8-9-18)11-4-2-1-3-5-11/h6-7,10-11,18H,1-5,8-9H2. The maximum absolute atomic E-state index is 13.6. The second-order valence-electron chi connectivity index (χ2n) is 4.87. The number of nitrogens with zero attached hydrogens (tertiary/aromatic N) is 2. The summed E-state index contributed by atoms with van der Waals surface area (Å²) >= 11 is 0. The molecular formula is C14H19FN2O2. The van der Waals surface area contributed by atoms with Gasteiger partial charge in [0.15, 0.2) is 5.82 Å². The van der Waals surface area contributed by atoms with E-state index < -0.39 is 5.82 Å². The highest BCUT2D eigenvalue weighted by molar-refractivity contribution is 5.94. The summed E-state index contributed by atoms with van der Waals surface area (Å²) in [6, 6.07) is 1.51. The summed E-state index contributed by atoms with van der Waals surface area (Å²) < 4.78 is 13.6. The fourth-order valence-corrected chi connectivity index (χ4v) is 2.65. The van der Waals surface area contributed by atoms with Gasteiger partial charge in [0.2, 0.25) is 0 Å². The van der Waals surface area contributed by atoms with Gasteiger partial charge in [-0.15, -0.1) is 0 Å². The molecule has 2 rings (SSSR count). The Hall–Kier alpha value is -1.49. The van der Waals surface area contributed by atoms with Crippen molar-refractivity contribution in [2.75, 3.05) is 13.2 Å². The first-order chi connectivity index (χ1) is 9.24. The van der Waals surface area contributed by atoms with Crippen molar-refractivity contribution in [3.05, 3.63) is 29.8 Å². The van der Waals surface area contributed by atoms with E-state index >= 15 is 0 Å². The minimum atomic E-state index is -0.605. The molecule has 4 nitrogen and oxygen atoms in total. The van der Waals surface area contributed by atoms with Crippen LogP contribution in [-0.2, 0) is 0 Å². The van der Waals surface area contributed by atoms with Gasteiger partial charge in [-0.2, -0.15) is 0 Å². The topological polar surface area (TPSA) is 53.4 Å². The lowest BCUT2D eigenvalue weighted by atomic mass is 9.93. The van der Waals surface area contributed by atoms with Gasteiger partial charge in [0, 0.05) is 18.8 Å². The highest BCUT2D eigenvalue weighted by atomic mass is 19.1. The molecule has 1 fully saturated rings. The molecule has 0 radical (unpaired) electrons. The molecule has 1 aromatic heterocycles. The van der Waals surface area contributed by atoms with Crippen LogP contribution in [0.3, 0.4) is 0 Å². The molecule has 0 aromatic carbocycles. The molecule has 0 unspecified atom stereocenters. The lowest BCUT2D eigenvalue weighted by molar-refractivity contribution is 0.0580. The summed E-state index contributed by atoms with van der Waals surface area (Å²) in [7, 11) is 0. The second-order valence-corrected chi connectivity index (χ2v) is 4.87. The summed E-state index contributed by atoms with van der Waals surface area (Å²) in [4.78, 5) is 17.7. The van der Waals surface area contributed by atoms with Crippen molar-refractivity contribution in [1.29, 1.82) is 0 Å². The summed E-state index contributed by atoms with van der Waals surface area (Å²) in [5, 5.41) is 9.13. The average Bonchev–Trinajstić information content (AvgIpc) is 2.45. The molecule has 0 bridgehead atoms. The number of rotatable bonds is 4. The number of amides is 1. The number of aliphatic hydroxyl groups excluding tert-OH is 1. The van der Waals surface area contributed by atoms with E-state index in [0.29, 0.717) is 0 Å². The molecular weight excluding hydrogens is 247 g/mol. The van der Waals surface area contributed by atoms with Gasteiger partial charge in [0.05, 0.1) is 18.4 Å². The Morgan fingerprint density at radius 2 is 2.16 bits per heavy atom. The third-order valence-corrected chi connectivity index (χ3v) is 3.62. The molecule has 1 aliphatic carbocycles. The van der Waals surface area contributed by atoms with E-state index in [1.54, 1.807) is 4.90 Å². The largest absolute Gasteiger partial charge is 0.395 e. The van der Waals surface area contributed by atoms with Crippen LogP contribution < -0.4 is 0 Å². The van der Waals surface area contributed by atoms with Gasteiger partial charge in [-0.25, -0.2) is 4.39 Å². The Morgan fingerprint density at radius 1 is 1.42 bits per heavy atom. The highest BCUT2D eigenvalue weighted by Crippen LogP contribution is 2.24. The summed E-state index contributed by atoms with van der Waals surface area (Å²) in [5.41, 5.74) is 0.0361. The molecule has 0 aliphatic heterocycles. The summed E-state index contributed by atoms with van der Waals surface area (Å²) in [5.74, 6) is -0.952. The number of aliphatic hydroxyl groups is 1. The molecule has 1 aliphatic rings. The summed E-state index contributed by atoms with van der Waals surface area (Å²) in [6.45, 7) is 0.153. The van der Waals surface area contributed by atoms with Gasteiger partial charge in [0.1, 0.15) is 0 Å². The zero-order valence-electron chi connectivity index (χ0n) is 10.9. The quantitative estimate of drug-likeness (QED) is 0.906. The third kappa shape index (κ3) is 3.29. The van der Waals surface area contributed by atoms with E-state index in [1.807, 2.05) is 0 Å². The van der Waals surface area contributed by atoms with E-state index in [0.717, 1.165) is 31.9 Å². The first-order valence-corrected chi connectivity index (χ1v) is 6.75. The molecule has 5 heteroatoms. The Bertz CT molecular complexity index is 433. The van der Waals surface area contributed by atoms with Crippen LogP contribution in [0.15, 0.2) is 18.5 Å². The number of carbonyl (C=O) groups excluding carboxylic acids is 1. The first kappa shape index (κ1) is 13.9. The van der Waals surface area contributed by atoms with Gasteiger partial charge in [0.25, 0.3) is 5.91 Å². The van der Waals surface area contributed by atoms with Crippen LogP contribution in [0.25, 0.3) is 0 Å². The molecule has 0 saturated heterocycles. The molecule has 104 valence electrons. The number of hydrogen-bond donors (Lipinski definition) is 1. The Balaban J connectivity index is 2.18. The number of pyridine rings is 1. The molecule has 19 heavy (non-hydrogen) atoms. The van der Waals surface area contributed by atoms with E-state index in [9.17, 15) is 9.18 Å². The van der Waals surface area contributed by atoms with Crippen LogP contribution in [0, 0.1) is 5.82 Å². The smallest absolute Gasteiger partial charge is 0.257 e. The van der Waals surface area contributed by atoms with Crippen LogP contribution in [-0.4, -0.2) is 40.1 Å². The van der Waals surface area contributed by atoms with Crippen molar-refractivity contribution in [2.24, 2.45) is 0 Å². The van der Waals surface area contributed by atoms with Crippen LogP contribution in [0.2, 0.25) is 0 Å². The molecule has 1 N–H and O–H groups in total. The van der Waals surface area contributed by atoms with Crippen LogP contribution in [0.1, 0.15) is 42.5 Å². The zero-order chi connectivity index (χ0) is 13.7. The van der Waals surface area contributed by atoms with E-state index in [-0.39, 0.29) is 30.7 Å². The lowest BCUT2D eigenvalue weighted by Crippen LogP contribution is -2.43. The van der Waals surface area contributed by atoms with E-state index in [4.69, 9.17) is 5.11 Å². The minimum absolute atomic E-state index is 0.0361. The molecule has 1 heterocycles. The number of aromatic nitrogens is 1. The first-order valence-electron chi connectivity index (χ1n) is 6.75. The van der Waals surface area contributed by atoms with Crippen LogP contribution in [0.4, 0.5) is 4.39 Å². The fraction of sp³-hybridized carbons (Fsp3) is 0.571. The predicted molar refractivity (Wildman–Crippen MR) is 69.2 cm³/mol. The Kier molecular flexibility index (Phi) is 4.85. The third-order valence-electron chi connectivity index (χ3n) is 3.62. The van der Waals surface area contributed by atoms with Gasteiger partial charge >= 0.3 is 0 Å². The monoisotopic (exact) mass is 266 g/mol. The highest BCUT2D eigenvalue weighted by Gasteiger charge is 2.27. The zero-order valence-corrected chi connectivity index (χ0v) is 10.9. The minimum Gasteiger partial charge on any atom is -0.395 e. The van der Waals surface area contributed by atoms with Crippen molar-refractivity contribution in [3.63, 3.8) is 0 Å². The van der Waals surface area contributed by atoms with E-state index in [2.05, 4.69) is 4.98 Å². The number of halogens is 1. The van der Waals surface area contributed by atoms with Gasteiger partial charge < -0.3 is 10.0 Å². The SMILES string of the molecule is O=C(c1ccncc1F)N(CCO)C1CCCCC1. The van der Waals surface area contributed by atoms with Crippen molar-refractivity contribution in [3.8, 4) is 0 Å².